The molecule has 0 saturated carbocycles. The number of nitrogen functional groups attached to an aromatic ring is 1. The number of nitrogens with two attached hydrogens (primary N) is 1. The Bertz CT molecular complexity index is 547. The van der Waals surface area contributed by atoms with Crippen LogP contribution in [0, 0.1) is 0 Å². The fourth-order valence-corrected chi connectivity index (χ4v) is 3.64. The topological polar surface area (TPSA) is 48.1 Å². The van der Waals surface area contributed by atoms with Gasteiger partial charge in [-0.2, -0.15) is 0 Å². The molecule has 0 bridgehead atoms. The van der Waals surface area contributed by atoms with Gasteiger partial charge in [-0.05, 0) is 37.0 Å². The van der Waals surface area contributed by atoms with Gasteiger partial charge >= 0.3 is 0 Å². The van der Waals surface area contributed by atoms with Gasteiger partial charge in [-0.1, -0.05) is 12.1 Å². The van der Waals surface area contributed by atoms with Crippen molar-refractivity contribution in [2.75, 3.05) is 12.8 Å². The van der Waals surface area contributed by atoms with Crippen molar-refractivity contribution in [2.24, 2.45) is 0 Å². The minimum atomic E-state index is 0.453. The summed E-state index contributed by atoms with van der Waals surface area (Å²) in [5.41, 5.74) is 8.36. The van der Waals surface area contributed by atoms with Crippen LogP contribution in [0.2, 0.25) is 0 Å². The van der Waals surface area contributed by atoms with Gasteiger partial charge in [0.15, 0.2) is 5.13 Å². The van der Waals surface area contributed by atoms with Gasteiger partial charge in [0.25, 0.3) is 0 Å². The first-order valence-corrected chi connectivity index (χ1v) is 6.98. The maximum atomic E-state index is 5.83. The van der Waals surface area contributed by atoms with Crippen molar-refractivity contribution >= 4 is 16.5 Å². The predicted molar refractivity (Wildman–Crippen MR) is 74.3 cm³/mol. The number of rotatable bonds is 2. The Hall–Kier alpha value is -1.55. The quantitative estimate of drug-likeness (QED) is 0.902. The molecule has 0 radical (unpaired) electrons. The molecule has 1 aromatic carbocycles. The Morgan fingerprint density at radius 2 is 2.11 bits per heavy atom. The summed E-state index contributed by atoms with van der Waals surface area (Å²) in [5, 5.41) is 0.695. The van der Waals surface area contributed by atoms with E-state index in [1.54, 1.807) is 18.4 Å². The van der Waals surface area contributed by atoms with Crippen LogP contribution in [0.15, 0.2) is 24.3 Å². The monoisotopic (exact) mass is 260 g/mol. The average Bonchev–Trinajstić information content (AvgIpc) is 2.79. The lowest BCUT2D eigenvalue weighted by Gasteiger charge is -2.21. The van der Waals surface area contributed by atoms with E-state index in [2.05, 4.69) is 17.1 Å². The minimum Gasteiger partial charge on any atom is -0.497 e. The van der Waals surface area contributed by atoms with Crippen molar-refractivity contribution in [1.29, 1.82) is 0 Å². The number of thiazole rings is 1. The maximum Gasteiger partial charge on any atom is 0.180 e. The average molecular weight is 260 g/mol. The van der Waals surface area contributed by atoms with Gasteiger partial charge in [0.05, 0.1) is 12.8 Å². The van der Waals surface area contributed by atoms with Gasteiger partial charge in [-0.25, -0.2) is 4.98 Å². The van der Waals surface area contributed by atoms with Crippen LogP contribution >= 0.6 is 11.3 Å². The molecule has 0 saturated heterocycles. The third-order valence-electron chi connectivity index (χ3n) is 3.49. The molecule has 0 spiro atoms. The first-order valence-electron chi connectivity index (χ1n) is 6.17. The van der Waals surface area contributed by atoms with Crippen molar-refractivity contribution in [2.45, 2.75) is 25.2 Å². The van der Waals surface area contributed by atoms with Gasteiger partial charge in [0.1, 0.15) is 5.75 Å². The number of ether oxygens (including phenoxy) is 1. The van der Waals surface area contributed by atoms with Crippen LogP contribution in [-0.2, 0) is 6.42 Å². The SMILES string of the molecule is COc1ccc(C2CCCc3nc(N)sc32)cc1. The highest BCUT2D eigenvalue weighted by atomic mass is 32.1. The zero-order valence-electron chi connectivity index (χ0n) is 10.3. The van der Waals surface area contributed by atoms with Gasteiger partial charge in [-0.15, -0.1) is 11.3 Å². The smallest absolute Gasteiger partial charge is 0.180 e. The Kier molecular flexibility index (Phi) is 2.96. The zero-order chi connectivity index (χ0) is 12.5. The van der Waals surface area contributed by atoms with Crippen LogP contribution in [0.4, 0.5) is 5.13 Å². The van der Waals surface area contributed by atoms with Crippen molar-refractivity contribution in [3.63, 3.8) is 0 Å². The van der Waals surface area contributed by atoms with Crippen molar-refractivity contribution < 1.29 is 4.74 Å². The third kappa shape index (κ3) is 1.97. The number of methoxy groups -OCH3 is 1. The summed E-state index contributed by atoms with van der Waals surface area (Å²) >= 11 is 1.64. The molecule has 1 aliphatic rings. The van der Waals surface area contributed by atoms with Gasteiger partial charge < -0.3 is 10.5 Å². The second-order valence-corrected chi connectivity index (χ2v) is 5.64. The lowest BCUT2D eigenvalue weighted by Crippen LogP contribution is -2.08. The molecule has 1 aliphatic carbocycles. The summed E-state index contributed by atoms with van der Waals surface area (Å²) in [6.45, 7) is 0. The molecule has 3 nitrogen and oxygen atoms in total. The van der Waals surface area contributed by atoms with Crippen molar-refractivity contribution in [1.82, 2.24) is 4.98 Å². The van der Waals surface area contributed by atoms with Crippen LogP contribution in [0.1, 0.15) is 34.9 Å². The first-order chi connectivity index (χ1) is 8.78. The molecule has 1 unspecified atom stereocenters. The molecule has 2 N–H and O–H groups in total. The standard InChI is InChI=1S/C14H16N2OS/c1-17-10-7-5-9(6-8-10)11-3-2-4-12-13(11)18-14(15)16-12/h5-8,11H,2-4H2,1H3,(H2,15,16). The fraction of sp³-hybridized carbons (Fsp3) is 0.357. The Balaban J connectivity index is 1.97. The predicted octanol–water partition coefficient (Wildman–Crippen LogP) is 3.20. The Labute approximate surface area is 111 Å². The molecule has 3 rings (SSSR count). The van der Waals surface area contributed by atoms with Crippen LogP contribution in [-0.4, -0.2) is 12.1 Å². The molecule has 0 amide bonds. The largest absolute Gasteiger partial charge is 0.497 e. The number of aryl methyl sites for hydroxylation is 1. The summed E-state index contributed by atoms with van der Waals surface area (Å²) < 4.78 is 5.20. The zero-order valence-corrected chi connectivity index (χ0v) is 11.2. The van der Waals surface area contributed by atoms with Gasteiger partial charge in [-0.3, -0.25) is 0 Å². The van der Waals surface area contributed by atoms with Crippen LogP contribution < -0.4 is 10.5 Å². The summed E-state index contributed by atoms with van der Waals surface area (Å²) in [5.74, 6) is 1.35. The van der Waals surface area contributed by atoms with E-state index in [0.29, 0.717) is 11.0 Å². The summed E-state index contributed by atoms with van der Waals surface area (Å²) in [4.78, 5) is 5.78. The van der Waals surface area contributed by atoms with E-state index < -0.39 is 0 Å². The molecule has 1 aromatic heterocycles. The van der Waals surface area contributed by atoms with Crippen LogP contribution in [0.5, 0.6) is 5.75 Å². The first kappa shape index (κ1) is 11.5. The van der Waals surface area contributed by atoms with Crippen molar-refractivity contribution in [3.05, 3.63) is 40.4 Å². The van der Waals surface area contributed by atoms with Crippen molar-refractivity contribution in [3.8, 4) is 5.75 Å². The normalized spacial score (nSPS) is 18.4. The Morgan fingerprint density at radius 1 is 1.33 bits per heavy atom. The van der Waals surface area contributed by atoms with E-state index in [1.807, 2.05) is 12.1 Å². The summed E-state index contributed by atoms with van der Waals surface area (Å²) in [6.07, 6.45) is 3.43. The molecular weight excluding hydrogens is 244 g/mol. The third-order valence-corrected chi connectivity index (χ3v) is 4.53. The number of anilines is 1. The number of nitrogens with zero attached hydrogens (tertiary/aromatic N) is 1. The van der Waals surface area contributed by atoms with Gasteiger partial charge in [0.2, 0.25) is 0 Å². The molecule has 1 atom stereocenters. The van der Waals surface area contributed by atoms with Gasteiger partial charge in [0, 0.05) is 10.8 Å². The highest BCUT2D eigenvalue weighted by molar-refractivity contribution is 7.15. The maximum absolute atomic E-state index is 5.83. The number of benzene rings is 1. The molecule has 1 heterocycles. The van der Waals surface area contributed by atoms with E-state index in [9.17, 15) is 0 Å². The Morgan fingerprint density at radius 3 is 2.83 bits per heavy atom. The van der Waals surface area contributed by atoms with E-state index in [1.165, 1.54) is 29.0 Å². The van der Waals surface area contributed by atoms with Crippen LogP contribution in [0.25, 0.3) is 0 Å². The summed E-state index contributed by atoms with van der Waals surface area (Å²) in [7, 11) is 1.69. The van der Waals surface area contributed by atoms with E-state index in [-0.39, 0.29) is 0 Å². The molecule has 2 aromatic rings. The number of aromatic nitrogens is 1. The second kappa shape index (κ2) is 4.61. The van der Waals surface area contributed by atoms with E-state index in [0.717, 1.165) is 12.2 Å². The van der Waals surface area contributed by atoms with Crippen LogP contribution in [0.3, 0.4) is 0 Å². The molecule has 0 fully saturated rings. The van der Waals surface area contributed by atoms with E-state index in [4.69, 9.17) is 10.5 Å². The molecular formula is C14H16N2OS. The number of fused-ring (bicyclic) bond motifs is 1. The highest BCUT2D eigenvalue weighted by Gasteiger charge is 2.25. The highest BCUT2D eigenvalue weighted by Crippen LogP contribution is 2.40. The molecule has 94 valence electrons. The minimum absolute atomic E-state index is 0.453. The fourth-order valence-electron chi connectivity index (χ4n) is 2.59. The molecule has 18 heavy (non-hydrogen) atoms. The summed E-state index contributed by atoms with van der Waals surface area (Å²) in [6, 6.07) is 8.34. The second-order valence-electron chi connectivity index (χ2n) is 4.58. The number of hydrogen-bond donors (Lipinski definition) is 1. The number of hydrogen-bond acceptors (Lipinski definition) is 4. The lowest BCUT2D eigenvalue weighted by molar-refractivity contribution is 0.414. The molecule has 4 heteroatoms. The van der Waals surface area contributed by atoms with E-state index >= 15 is 0 Å². The molecule has 0 aliphatic heterocycles. The lowest BCUT2D eigenvalue weighted by atomic mass is 9.86.